The fourth-order valence-electron chi connectivity index (χ4n) is 4.16. The van der Waals surface area contributed by atoms with Crippen molar-refractivity contribution >= 4 is 17.6 Å². The van der Waals surface area contributed by atoms with Gasteiger partial charge in [-0.15, -0.1) is 0 Å². The molecule has 5 heteroatoms. The molecule has 1 amide bonds. The number of methoxy groups -OCH3 is 1. The highest BCUT2D eigenvalue weighted by atomic mass is 16.5. The summed E-state index contributed by atoms with van der Waals surface area (Å²) in [7, 11) is 1.41. The number of carbonyl (C=O) groups excluding carboxylic acids is 2. The van der Waals surface area contributed by atoms with Crippen LogP contribution in [0.2, 0.25) is 0 Å². The molecule has 1 saturated heterocycles. The van der Waals surface area contributed by atoms with Gasteiger partial charge < -0.3 is 4.74 Å². The summed E-state index contributed by atoms with van der Waals surface area (Å²) in [6, 6.07) is 19.8. The normalized spacial score (nSPS) is 16.2. The zero-order valence-electron chi connectivity index (χ0n) is 17.3. The van der Waals surface area contributed by atoms with Crippen molar-refractivity contribution < 1.29 is 14.3 Å². The van der Waals surface area contributed by atoms with Gasteiger partial charge in [-0.3, -0.25) is 14.6 Å². The number of amides is 1. The Bertz CT molecular complexity index is 799. The summed E-state index contributed by atoms with van der Waals surface area (Å²) < 4.78 is 5.23. The zero-order valence-corrected chi connectivity index (χ0v) is 17.3. The van der Waals surface area contributed by atoms with E-state index in [0.717, 1.165) is 31.7 Å². The molecule has 1 fully saturated rings. The molecule has 0 atom stereocenters. The molecule has 2 aromatic carbocycles. The number of hydrogen-bond donors (Lipinski definition) is 0. The second kappa shape index (κ2) is 9.70. The first-order chi connectivity index (χ1) is 14.1. The molecule has 0 N–H and O–H groups in total. The second-order valence-electron chi connectivity index (χ2n) is 7.60. The predicted molar refractivity (Wildman–Crippen MR) is 115 cm³/mol. The number of piperidine rings is 1. The van der Waals surface area contributed by atoms with E-state index >= 15 is 0 Å². The third-order valence-electron chi connectivity index (χ3n) is 5.65. The minimum absolute atomic E-state index is 0.0272. The minimum Gasteiger partial charge on any atom is -0.467 e. The molecule has 0 aliphatic carbocycles. The van der Waals surface area contributed by atoms with Crippen LogP contribution in [0, 0.1) is 0 Å². The SMILES string of the molecule is CCCC(=O)N(c1ccccc1)C1(C(=O)OC)CCN(Cc2ccccc2)CC1. The lowest BCUT2D eigenvalue weighted by Gasteiger charge is -2.46. The Hall–Kier alpha value is -2.66. The van der Waals surface area contributed by atoms with E-state index in [1.807, 2.05) is 55.5 Å². The van der Waals surface area contributed by atoms with Gasteiger partial charge in [-0.1, -0.05) is 55.5 Å². The minimum atomic E-state index is -0.963. The van der Waals surface area contributed by atoms with Gasteiger partial charge in [-0.05, 0) is 37.0 Å². The van der Waals surface area contributed by atoms with Crippen LogP contribution in [0.1, 0.15) is 38.2 Å². The van der Waals surface area contributed by atoms with Crippen LogP contribution in [0.4, 0.5) is 5.69 Å². The largest absolute Gasteiger partial charge is 0.467 e. The molecule has 0 saturated carbocycles. The van der Waals surface area contributed by atoms with E-state index in [4.69, 9.17) is 4.74 Å². The molecule has 29 heavy (non-hydrogen) atoms. The Kier molecular flexibility index (Phi) is 7.04. The van der Waals surface area contributed by atoms with Crippen LogP contribution < -0.4 is 4.90 Å². The van der Waals surface area contributed by atoms with Crippen molar-refractivity contribution in [1.82, 2.24) is 4.90 Å². The van der Waals surface area contributed by atoms with E-state index in [1.54, 1.807) is 4.90 Å². The Balaban J connectivity index is 1.87. The number of rotatable bonds is 7. The lowest BCUT2D eigenvalue weighted by molar-refractivity contribution is -0.151. The Morgan fingerprint density at radius 1 is 1.00 bits per heavy atom. The summed E-state index contributed by atoms with van der Waals surface area (Å²) in [6.07, 6.45) is 2.24. The van der Waals surface area contributed by atoms with Gasteiger partial charge in [0.05, 0.1) is 7.11 Å². The summed E-state index contributed by atoms with van der Waals surface area (Å²) in [6.45, 7) is 4.28. The molecule has 3 rings (SSSR count). The van der Waals surface area contributed by atoms with Crippen molar-refractivity contribution in [2.45, 2.75) is 44.7 Å². The van der Waals surface area contributed by atoms with Gasteiger partial charge in [0.15, 0.2) is 0 Å². The van der Waals surface area contributed by atoms with Gasteiger partial charge in [0.1, 0.15) is 5.54 Å². The lowest BCUT2D eigenvalue weighted by atomic mass is 9.84. The first-order valence-electron chi connectivity index (χ1n) is 10.3. The maximum absolute atomic E-state index is 13.1. The maximum atomic E-state index is 13.1. The molecule has 1 aliphatic rings. The first kappa shape index (κ1) is 21.1. The number of ether oxygens (including phenoxy) is 1. The van der Waals surface area contributed by atoms with Gasteiger partial charge in [0.2, 0.25) is 5.91 Å². The van der Waals surface area contributed by atoms with Crippen LogP contribution in [0.5, 0.6) is 0 Å². The summed E-state index contributed by atoms with van der Waals surface area (Å²) in [5, 5.41) is 0. The van der Waals surface area contributed by atoms with Crippen LogP contribution in [-0.4, -0.2) is 42.5 Å². The third kappa shape index (κ3) is 4.67. The summed E-state index contributed by atoms with van der Waals surface area (Å²) in [5.41, 5.74) is 1.04. The zero-order chi connectivity index (χ0) is 20.7. The molecule has 1 heterocycles. The smallest absolute Gasteiger partial charge is 0.332 e. The van der Waals surface area contributed by atoms with Gasteiger partial charge in [0, 0.05) is 31.7 Å². The molecular weight excluding hydrogens is 364 g/mol. The van der Waals surface area contributed by atoms with Gasteiger partial charge in [-0.2, -0.15) is 0 Å². The molecule has 0 aromatic heterocycles. The highest BCUT2D eigenvalue weighted by molar-refractivity contribution is 6.02. The van der Waals surface area contributed by atoms with Gasteiger partial charge >= 0.3 is 5.97 Å². The monoisotopic (exact) mass is 394 g/mol. The van der Waals surface area contributed by atoms with E-state index in [-0.39, 0.29) is 11.9 Å². The number of anilines is 1. The fraction of sp³-hybridized carbons (Fsp3) is 0.417. The van der Waals surface area contributed by atoms with E-state index in [2.05, 4.69) is 17.0 Å². The van der Waals surface area contributed by atoms with Crippen molar-refractivity contribution in [3.63, 3.8) is 0 Å². The Morgan fingerprint density at radius 3 is 2.14 bits per heavy atom. The standard InChI is InChI=1S/C24H30N2O3/c1-3-10-22(27)26(21-13-8-5-9-14-21)24(23(28)29-2)15-17-25(18-16-24)19-20-11-6-4-7-12-20/h4-9,11-14H,3,10,15-19H2,1-2H3. The quantitative estimate of drug-likeness (QED) is 0.666. The summed E-state index contributed by atoms with van der Waals surface area (Å²) in [5.74, 6) is -0.356. The van der Waals surface area contributed by atoms with Crippen LogP contribution in [0.25, 0.3) is 0 Å². The third-order valence-corrected chi connectivity index (χ3v) is 5.65. The highest BCUT2D eigenvalue weighted by Crippen LogP contribution is 2.35. The number of benzene rings is 2. The van der Waals surface area contributed by atoms with E-state index in [9.17, 15) is 9.59 Å². The first-order valence-corrected chi connectivity index (χ1v) is 10.3. The molecule has 1 aliphatic heterocycles. The molecule has 0 bridgehead atoms. The molecule has 0 radical (unpaired) electrons. The average molecular weight is 395 g/mol. The molecule has 2 aromatic rings. The van der Waals surface area contributed by atoms with Crippen LogP contribution in [0.15, 0.2) is 60.7 Å². The second-order valence-corrected chi connectivity index (χ2v) is 7.60. The summed E-state index contributed by atoms with van der Waals surface area (Å²) >= 11 is 0. The van der Waals surface area contributed by atoms with E-state index < -0.39 is 5.54 Å². The molecular formula is C24H30N2O3. The average Bonchev–Trinajstić information content (AvgIpc) is 2.76. The Morgan fingerprint density at radius 2 is 1.59 bits per heavy atom. The van der Waals surface area contributed by atoms with Crippen LogP contribution in [-0.2, 0) is 20.9 Å². The molecule has 0 spiro atoms. The van der Waals surface area contributed by atoms with Crippen molar-refractivity contribution in [3.05, 3.63) is 66.2 Å². The molecule has 0 unspecified atom stereocenters. The van der Waals surface area contributed by atoms with Crippen molar-refractivity contribution in [3.8, 4) is 0 Å². The number of para-hydroxylation sites is 1. The van der Waals surface area contributed by atoms with Crippen molar-refractivity contribution in [2.75, 3.05) is 25.1 Å². The number of nitrogens with zero attached hydrogens (tertiary/aromatic N) is 2. The number of likely N-dealkylation sites (tertiary alicyclic amines) is 1. The molecule has 5 nitrogen and oxygen atoms in total. The van der Waals surface area contributed by atoms with Gasteiger partial charge in [0.25, 0.3) is 0 Å². The van der Waals surface area contributed by atoms with Gasteiger partial charge in [-0.25, -0.2) is 4.79 Å². The van der Waals surface area contributed by atoms with Crippen molar-refractivity contribution in [1.29, 1.82) is 0 Å². The van der Waals surface area contributed by atoms with Crippen LogP contribution in [0.3, 0.4) is 0 Å². The van der Waals surface area contributed by atoms with E-state index in [1.165, 1.54) is 12.7 Å². The molecule has 154 valence electrons. The highest BCUT2D eigenvalue weighted by Gasteiger charge is 2.49. The predicted octanol–water partition coefficient (Wildman–Crippen LogP) is 4.03. The Labute approximate surface area is 173 Å². The topological polar surface area (TPSA) is 49.9 Å². The fourth-order valence-corrected chi connectivity index (χ4v) is 4.16. The van der Waals surface area contributed by atoms with E-state index in [0.29, 0.717) is 19.3 Å². The number of hydrogen-bond acceptors (Lipinski definition) is 4. The summed E-state index contributed by atoms with van der Waals surface area (Å²) in [4.78, 5) is 30.2. The number of esters is 1. The van der Waals surface area contributed by atoms with Crippen molar-refractivity contribution in [2.24, 2.45) is 0 Å². The maximum Gasteiger partial charge on any atom is 0.332 e. The number of carbonyl (C=O) groups is 2. The van der Waals surface area contributed by atoms with Crippen LogP contribution >= 0.6 is 0 Å². The lowest BCUT2D eigenvalue weighted by Crippen LogP contribution is -2.62.